The maximum atomic E-state index is 6.12. The Bertz CT molecular complexity index is 234. The average molecular weight is 343 g/mol. The molecule has 1 fully saturated rings. The minimum atomic E-state index is -0.217. The van der Waals surface area contributed by atoms with Crippen molar-refractivity contribution in [3.05, 3.63) is 0 Å². The van der Waals surface area contributed by atoms with Gasteiger partial charge in [0.1, 0.15) is 12.6 Å². The second-order valence-electron chi connectivity index (χ2n) is 6.54. The van der Waals surface area contributed by atoms with Gasteiger partial charge in [-0.1, -0.05) is 0 Å². The number of ether oxygens (including phenoxy) is 2. The second-order valence-corrected chi connectivity index (χ2v) is 6.54. The summed E-state index contributed by atoms with van der Waals surface area (Å²) in [6.45, 7) is 10.1. The predicted octanol–water partition coefficient (Wildman–Crippen LogP) is -1.33. The zero-order valence-electron chi connectivity index (χ0n) is 11.6. The van der Waals surface area contributed by atoms with Gasteiger partial charge in [0.05, 0.1) is 39.0 Å². The summed E-state index contributed by atoms with van der Waals surface area (Å²) < 4.78 is 12.9. The first-order chi connectivity index (χ1) is 6.54. The molecule has 0 saturated carbocycles. The lowest BCUT2D eigenvalue weighted by Crippen LogP contribution is -3.00. The van der Waals surface area contributed by atoms with Crippen molar-refractivity contribution < 1.29 is 37.9 Å². The highest BCUT2D eigenvalue weighted by Crippen LogP contribution is 2.34. The quantitative estimate of drug-likeness (QED) is 0.457. The normalized spacial score (nSPS) is 28.3. The van der Waals surface area contributed by atoms with Crippen LogP contribution in [0.5, 0.6) is 0 Å². The SMILES string of the molecule is CC1(C)OC[C@@H](C[N+](C)(C)C)OC1(C)C.[I-]. The fourth-order valence-electron chi connectivity index (χ4n) is 1.77. The summed E-state index contributed by atoms with van der Waals surface area (Å²) >= 11 is 0. The van der Waals surface area contributed by atoms with Gasteiger partial charge in [0, 0.05) is 0 Å². The van der Waals surface area contributed by atoms with Crippen molar-refractivity contribution in [1.82, 2.24) is 0 Å². The Kier molecular flexibility index (Phi) is 5.27. The van der Waals surface area contributed by atoms with Crippen LogP contribution >= 0.6 is 0 Å². The molecule has 0 unspecified atom stereocenters. The van der Waals surface area contributed by atoms with Crippen LogP contribution in [-0.2, 0) is 9.47 Å². The Balaban J connectivity index is 0.00000225. The molecule has 0 aromatic rings. The molecule has 1 aliphatic rings. The highest BCUT2D eigenvalue weighted by Gasteiger charge is 2.46. The van der Waals surface area contributed by atoms with E-state index >= 15 is 0 Å². The van der Waals surface area contributed by atoms with Crippen LogP contribution in [0.25, 0.3) is 0 Å². The van der Waals surface area contributed by atoms with Gasteiger partial charge in [-0.2, -0.15) is 0 Å². The van der Waals surface area contributed by atoms with Crippen LogP contribution < -0.4 is 24.0 Å². The van der Waals surface area contributed by atoms with Gasteiger partial charge in [0.2, 0.25) is 0 Å². The topological polar surface area (TPSA) is 18.5 Å². The lowest BCUT2D eigenvalue weighted by molar-refractivity contribution is -0.874. The minimum Gasteiger partial charge on any atom is -1.00 e. The summed E-state index contributed by atoms with van der Waals surface area (Å²) in [6, 6.07) is 0. The molecule has 1 aliphatic heterocycles. The van der Waals surface area contributed by atoms with Crippen molar-refractivity contribution in [1.29, 1.82) is 0 Å². The van der Waals surface area contributed by atoms with Gasteiger partial charge >= 0.3 is 0 Å². The molecule has 0 bridgehead atoms. The number of quaternary nitrogens is 1. The van der Waals surface area contributed by atoms with E-state index < -0.39 is 0 Å². The van der Waals surface area contributed by atoms with Crippen molar-refractivity contribution >= 4 is 0 Å². The molecule has 1 saturated heterocycles. The van der Waals surface area contributed by atoms with E-state index in [1.54, 1.807) is 0 Å². The highest BCUT2D eigenvalue weighted by molar-refractivity contribution is 4.93. The molecule has 4 heteroatoms. The lowest BCUT2D eigenvalue weighted by Gasteiger charge is -2.48. The van der Waals surface area contributed by atoms with E-state index in [0.717, 1.165) is 11.0 Å². The molecule has 0 N–H and O–H groups in total. The number of likely N-dealkylation sites (N-methyl/N-ethyl adjacent to an activating group) is 1. The summed E-state index contributed by atoms with van der Waals surface area (Å²) in [5, 5.41) is 0. The van der Waals surface area contributed by atoms with Crippen molar-refractivity contribution in [2.75, 3.05) is 34.3 Å². The van der Waals surface area contributed by atoms with Crippen LogP contribution in [0.15, 0.2) is 0 Å². The molecule has 1 rings (SSSR count). The van der Waals surface area contributed by atoms with Crippen molar-refractivity contribution in [2.24, 2.45) is 0 Å². The Morgan fingerprint density at radius 2 is 1.56 bits per heavy atom. The fraction of sp³-hybridized carbons (Fsp3) is 1.00. The van der Waals surface area contributed by atoms with Gasteiger partial charge in [-0.05, 0) is 27.7 Å². The molecule has 0 aliphatic carbocycles. The number of nitrogens with zero attached hydrogens (tertiary/aromatic N) is 1. The second kappa shape index (κ2) is 5.08. The molecule has 0 amide bonds. The maximum Gasteiger partial charge on any atom is 0.130 e. The summed E-state index contributed by atoms with van der Waals surface area (Å²) in [7, 11) is 6.53. The van der Waals surface area contributed by atoms with Crippen LogP contribution in [0.1, 0.15) is 27.7 Å². The van der Waals surface area contributed by atoms with Crippen LogP contribution in [0, 0.1) is 0 Å². The van der Waals surface area contributed by atoms with E-state index in [9.17, 15) is 0 Å². The van der Waals surface area contributed by atoms with Crippen LogP contribution in [0.3, 0.4) is 0 Å². The molecule has 0 aromatic carbocycles. The minimum absolute atomic E-state index is 0. The zero-order valence-corrected chi connectivity index (χ0v) is 13.8. The number of halogens is 1. The Labute approximate surface area is 117 Å². The number of hydrogen-bond acceptors (Lipinski definition) is 2. The average Bonchev–Trinajstić information content (AvgIpc) is 1.94. The predicted molar refractivity (Wildman–Crippen MR) is 61.9 cm³/mol. The summed E-state index contributed by atoms with van der Waals surface area (Å²) in [5.74, 6) is 0. The van der Waals surface area contributed by atoms with E-state index in [-0.39, 0.29) is 41.3 Å². The van der Waals surface area contributed by atoms with Gasteiger partial charge in [0.25, 0.3) is 0 Å². The molecular formula is C12H26INO2. The Morgan fingerprint density at radius 1 is 1.06 bits per heavy atom. The smallest absolute Gasteiger partial charge is 0.130 e. The van der Waals surface area contributed by atoms with Crippen LogP contribution in [-0.4, -0.2) is 56.1 Å². The van der Waals surface area contributed by atoms with Crippen LogP contribution in [0.2, 0.25) is 0 Å². The molecule has 1 atom stereocenters. The highest BCUT2D eigenvalue weighted by atomic mass is 127. The maximum absolute atomic E-state index is 6.12. The van der Waals surface area contributed by atoms with Gasteiger partial charge in [0.15, 0.2) is 0 Å². The monoisotopic (exact) mass is 343 g/mol. The molecule has 0 spiro atoms. The van der Waals surface area contributed by atoms with E-state index in [1.165, 1.54) is 0 Å². The largest absolute Gasteiger partial charge is 1.00 e. The van der Waals surface area contributed by atoms with Gasteiger partial charge in [-0.15, -0.1) is 0 Å². The van der Waals surface area contributed by atoms with E-state index in [4.69, 9.17) is 9.47 Å². The van der Waals surface area contributed by atoms with Gasteiger partial charge in [-0.3, -0.25) is 0 Å². The summed E-state index contributed by atoms with van der Waals surface area (Å²) in [6.07, 6.45) is 0.202. The van der Waals surface area contributed by atoms with E-state index in [2.05, 4.69) is 48.8 Å². The fourth-order valence-corrected chi connectivity index (χ4v) is 1.77. The molecule has 0 radical (unpaired) electrons. The molecule has 98 valence electrons. The van der Waals surface area contributed by atoms with Crippen molar-refractivity contribution in [3.63, 3.8) is 0 Å². The van der Waals surface area contributed by atoms with Crippen LogP contribution in [0.4, 0.5) is 0 Å². The van der Waals surface area contributed by atoms with Gasteiger partial charge in [-0.25, -0.2) is 0 Å². The third kappa shape index (κ3) is 4.13. The number of rotatable bonds is 2. The van der Waals surface area contributed by atoms with Gasteiger partial charge < -0.3 is 37.9 Å². The number of hydrogen-bond donors (Lipinski definition) is 0. The summed E-state index contributed by atoms with van der Waals surface area (Å²) in [5.41, 5.74) is -0.417. The first-order valence-corrected chi connectivity index (χ1v) is 5.66. The Hall–Kier alpha value is 0.610. The first kappa shape index (κ1) is 16.6. The molecule has 1 heterocycles. The molecular weight excluding hydrogens is 317 g/mol. The lowest BCUT2D eigenvalue weighted by atomic mass is 9.87. The standard InChI is InChI=1S/C12H26NO2.HI/c1-11(2)12(3,4)15-10(9-14-11)8-13(5,6)7;/h10H,8-9H2,1-7H3;1H/q+1;/p-1/t10-;/m1./s1. The molecule has 0 aromatic heterocycles. The summed E-state index contributed by atoms with van der Waals surface area (Å²) in [4.78, 5) is 0. The third-order valence-corrected chi connectivity index (χ3v) is 3.29. The van der Waals surface area contributed by atoms with Crippen molar-refractivity contribution in [2.45, 2.75) is 45.0 Å². The molecule has 3 nitrogen and oxygen atoms in total. The van der Waals surface area contributed by atoms with Crippen molar-refractivity contribution in [3.8, 4) is 0 Å². The third-order valence-electron chi connectivity index (χ3n) is 3.29. The zero-order chi connectivity index (χ0) is 11.9. The van der Waals surface area contributed by atoms with E-state index in [1.807, 2.05) is 0 Å². The van der Waals surface area contributed by atoms with E-state index in [0.29, 0.717) is 6.61 Å². The Morgan fingerprint density at radius 3 is 1.94 bits per heavy atom. The first-order valence-electron chi connectivity index (χ1n) is 5.66. The molecule has 16 heavy (non-hydrogen) atoms.